The van der Waals surface area contributed by atoms with Crippen LogP contribution in [0.4, 0.5) is 0 Å². The lowest BCUT2D eigenvalue weighted by Gasteiger charge is -2.13. The molecule has 3 nitrogen and oxygen atoms in total. The van der Waals surface area contributed by atoms with Gasteiger partial charge in [0, 0.05) is 36.0 Å². The van der Waals surface area contributed by atoms with E-state index >= 15 is 0 Å². The molecule has 25 heavy (non-hydrogen) atoms. The first-order valence-electron chi connectivity index (χ1n) is 7.88. The van der Waals surface area contributed by atoms with Gasteiger partial charge in [-0.3, -0.25) is 0 Å². The summed E-state index contributed by atoms with van der Waals surface area (Å²) in [5, 5.41) is 1.90. The number of benzene rings is 2. The molecule has 0 unspecified atom stereocenters. The van der Waals surface area contributed by atoms with Crippen molar-refractivity contribution in [3.05, 3.63) is 70.6 Å². The summed E-state index contributed by atoms with van der Waals surface area (Å²) in [5.41, 5.74) is 4.54. The summed E-state index contributed by atoms with van der Waals surface area (Å²) in [6.45, 7) is 2.01. The normalized spacial score (nSPS) is 11.2. The Labute approximate surface area is 155 Å². The van der Waals surface area contributed by atoms with E-state index in [1.54, 1.807) is 6.20 Å². The van der Waals surface area contributed by atoms with E-state index in [9.17, 15) is 0 Å². The number of rotatable bonds is 2. The molecule has 0 bridgehead atoms. The van der Waals surface area contributed by atoms with Gasteiger partial charge in [0.15, 0.2) is 0 Å². The SMILES string of the molecule is Cc1cc(-c2nccn2C)cc2c(Cl)c(-c3ccccc3)c(Cl)nc12. The Morgan fingerprint density at radius 3 is 2.44 bits per heavy atom. The predicted octanol–water partition coefficient (Wildman–Crippen LogP) is 5.92. The van der Waals surface area contributed by atoms with Gasteiger partial charge in [-0.05, 0) is 30.2 Å². The number of imidazole rings is 1. The van der Waals surface area contributed by atoms with Crippen LogP contribution >= 0.6 is 23.2 Å². The molecule has 0 radical (unpaired) electrons. The van der Waals surface area contributed by atoms with Gasteiger partial charge in [0.05, 0.1) is 10.5 Å². The molecule has 0 aliphatic carbocycles. The number of aromatic nitrogens is 3. The van der Waals surface area contributed by atoms with E-state index < -0.39 is 0 Å². The van der Waals surface area contributed by atoms with E-state index in [0.29, 0.717) is 10.2 Å². The Kier molecular flexibility index (Phi) is 3.98. The van der Waals surface area contributed by atoms with Crippen LogP contribution < -0.4 is 0 Å². The first-order chi connectivity index (χ1) is 12.1. The van der Waals surface area contributed by atoms with Crippen molar-refractivity contribution in [2.75, 3.05) is 0 Å². The molecule has 0 atom stereocenters. The minimum Gasteiger partial charge on any atom is -0.334 e. The van der Waals surface area contributed by atoms with E-state index in [4.69, 9.17) is 23.2 Å². The second kappa shape index (κ2) is 6.17. The minimum atomic E-state index is 0.413. The van der Waals surface area contributed by atoms with Crippen LogP contribution in [-0.2, 0) is 7.05 Å². The fraction of sp³-hybridized carbons (Fsp3) is 0.100. The highest BCUT2D eigenvalue weighted by molar-refractivity contribution is 6.42. The molecule has 4 rings (SSSR count). The van der Waals surface area contributed by atoms with Crippen LogP contribution in [0.5, 0.6) is 0 Å². The number of hydrogen-bond acceptors (Lipinski definition) is 2. The molecule has 5 heteroatoms. The Bertz CT molecular complexity index is 1090. The number of fused-ring (bicyclic) bond motifs is 1. The van der Waals surface area contributed by atoms with Crippen LogP contribution in [0.1, 0.15) is 5.56 Å². The minimum absolute atomic E-state index is 0.413. The molecule has 2 aromatic carbocycles. The lowest BCUT2D eigenvalue weighted by atomic mass is 10.0. The highest BCUT2D eigenvalue weighted by atomic mass is 35.5. The van der Waals surface area contributed by atoms with E-state index in [1.807, 2.05) is 61.1 Å². The summed E-state index contributed by atoms with van der Waals surface area (Å²) < 4.78 is 1.98. The number of pyridine rings is 1. The molecule has 0 fully saturated rings. The molecule has 2 aromatic heterocycles. The quantitative estimate of drug-likeness (QED) is 0.411. The zero-order valence-corrected chi connectivity index (χ0v) is 15.3. The average Bonchev–Trinajstić information content (AvgIpc) is 3.03. The molecule has 0 amide bonds. The molecule has 0 spiro atoms. The largest absolute Gasteiger partial charge is 0.334 e. The first kappa shape index (κ1) is 16.1. The van der Waals surface area contributed by atoms with Gasteiger partial charge in [-0.25, -0.2) is 9.97 Å². The van der Waals surface area contributed by atoms with Crippen LogP contribution in [-0.4, -0.2) is 14.5 Å². The van der Waals surface area contributed by atoms with Crippen molar-refractivity contribution < 1.29 is 0 Å². The van der Waals surface area contributed by atoms with Crippen molar-refractivity contribution in [1.29, 1.82) is 0 Å². The van der Waals surface area contributed by atoms with Crippen molar-refractivity contribution in [2.24, 2.45) is 7.05 Å². The molecular formula is C20H15Cl2N3. The third-order valence-corrected chi connectivity index (χ3v) is 4.98. The molecule has 0 aliphatic heterocycles. The Morgan fingerprint density at radius 2 is 1.76 bits per heavy atom. The van der Waals surface area contributed by atoms with Crippen molar-refractivity contribution in [2.45, 2.75) is 6.92 Å². The zero-order valence-electron chi connectivity index (χ0n) is 13.8. The lowest BCUT2D eigenvalue weighted by molar-refractivity contribution is 0.925. The third-order valence-electron chi connectivity index (χ3n) is 4.31. The lowest BCUT2D eigenvalue weighted by Crippen LogP contribution is -1.95. The summed E-state index contributed by atoms with van der Waals surface area (Å²) in [5.74, 6) is 0.886. The zero-order chi connectivity index (χ0) is 17.6. The number of nitrogens with zero attached hydrogens (tertiary/aromatic N) is 3. The maximum absolute atomic E-state index is 6.77. The molecule has 0 aliphatic rings. The highest BCUT2D eigenvalue weighted by Crippen LogP contribution is 2.40. The van der Waals surface area contributed by atoms with Crippen molar-refractivity contribution >= 4 is 34.1 Å². The van der Waals surface area contributed by atoms with Crippen molar-refractivity contribution in [3.63, 3.8) is 0 Å². The van der Waals surface area contributed by atoms with Gasteiger partial charge in [-0.1, -0.05) is 53.5 Å². The highest BCUT2D eigenvalue weighted by Gasteiger charge is 2.17. The van der Waals surface area contributed by atoms with Crippen molar-refractivity contribution in [1.82, 2.24) is 14.5 Å². The molecule has 124 valence electrons. The molecule has 0 saturated heterocycles. The molecule has 0 saturated carbocycles. The summed E-state index contributed by atoms with van der Waals surface area (Å²) in [6.07, 6.45) is 3.71. The van der Waals surface area contributed by atoms with Gasteiger partial charge in [0.2, 0.25) is 0 Å². The average molecular weight is 368 g/mol. The first-order valence-corrected chi connectivity index (χ1v) is 8.64. The number of aryl methyl sites for hydroxylation is 2. The van der Waals surface area contributed by atoms with Crippen LogP contribution in [0.15, 0.2) is 54.9 Å². The smallest absolute Gasteiger partial charge is 0.139 e. The third kappa shape index (κ3) is 2.70. The molecule has 0 N–H and O–H groups in total. The summed E-state index contributed by atoms with van der Waals surface area (Å²) >= 11 is 13.2. The molecular weight excluding hydrogens is 353 g/mol. The Balaban J connectivity index is 2.04. The monoisotopic (exact) mass is 367 g/mol. The Morgan fingerprint density at radius 1 is 1.00 bits per heavy atom. The van der Waals surface area contributed by atoms with E-state index in [2.05, 4.69) is 16.0 Å². The predicted molar refractivity (Wildman–Crippen MR) is 104 cm³/mol. The topological polar surface area (TPSA) is 30.7 Å². The van der Waals surface area contributed by atoms with E-state index in [0.717, 1.165) is 39.0 Å². The summed E-state index contributed by atoms with van der Waals surface area (Å²) in [4.78, 5) is 9.05. The van der Waals surface area contributed by atoms with Gasteiger partial charge in [0.25, 0.3) is 0 Å². The maximum Gasteiger partial charge on any atom is 0.139 e. The van der Waals surface area contributed by atoms with E-state index in [1.165, 1.54) is 0 Å². The fourth-order valence-electron chi connectivity index (χ4n) is 3.10. The molecule has 2 heterocycles. The summed E-state index contributed by atoms with van der Waals surface area (Å²) in [7, 11) is 1.97. The standard InChI is InChI=1S/C20H15Cl2N3/c1-12-10-14(20-23-8-9-25(20)2)11-15-17(21)16(19(22)24-18(12)15)13-6-4-3-5-7-13/h3-11H,1-2H3. The van der Waals surface area contributed by atoms with E-state index in [-0.39, 0.29) is 0 Å². The summed E-state index contributed by atoms with van der Waals surface area (Å²) in [6, 6.07) is 13.9. The van der Waals surface area contributed by atoms with Gasteiger partial charge < -0.3 is 4.57 Å². The number of halogens is 2. The second-order valence-corrected chi connectivity index (χ2v) is 6.74. The number of hydrogen-bond donors (Lipinski definition) is 0. The van der Waals surface area contributed by atoms with Crippen LogP contribution in [0.2, 0.25) is 10.2 Å². The maximum atomic E-state index is 6.77. The van der Waals surface area contributed by atoms with Crippen LogP contribution in [0.3, 0.4) is 0 Å². The van der Waals surface area contributed by atoms with Gasteiger partial charge in [0.1, 0.15) is 11.0 Å². The fourth-order valence-corrected chi connectivity index (χ4v) is 3.78. The molecule has 4 aromatic rings. The van der Waals surface area contributed by atoms with Gasteiger partial charge >= 0.3 is 0 Å². The second-order valence-electron chi connectivity index (χ2n) is 6.01. The van der Waals surface area contributed by atoms with Crippen LogP contribution in [0.25, 0.3) is 33.4 Å². The van der Waals surface area contributed by atoms with Crippen LogP contribution in [0, 0.1) is 6.92 Å². The van der Waals surface area contributed by atoms with Gasteiger partial charge in [-0.2, -0.15) is 0 Å². The van der Waals surface area contributed by atoms with Crippen molar-refractivity contribution in [3.8, 4) is 22.5 Å². The Hall–Kier alpha value is -2.36. The van der Waals surface area contributed by atoms with Gasteiger partial charge in [-0.15, -0.1) is 0 Å².